The minimum atomic E-state index is -0.231. The Kier molecular flexibility index (Phi) is 6.19. The van der Waals surface area contributed by atoms with E-state index in [9.17, 15) is 0 Å². The number of amidine groups is 1. The van der Waals surface area contributed by atoms with Crippen LogP contribution < -0.4 is 10.6 Å². The van der Waals surface area contributed by atoms with Crippen LogP contribution in [0.15, 0.2) is 155 Å². The van der Waals surface area contributed by atoms with Gasteiger partial charge in [0.05, 0.1) is 5.39 Å². The Morgan fingerprint density at radius 1 is 0.604 bits per heavy atom. The van der Waals surface area contributed by atoms with Crippen molar-refractivity contribution in [1.82, 2.24) is 15.6 Å². The molecule has 48 heavy (non-hydrogen) atoms. The van der Waals surface area contributed by atoms with Crippen LogP contribution in [0.1, 0.15) is 29.0 Å². The molecule has 1 aliphatic heterocycles. The van der Waals surface area contributed by atoms with Crippen LogP contribution in [0.25, 0.3) is 64.1 Å². The minimum absolute atomic E-state index is 0.138. The van der Waals surface area contributed by atoms with Gasteiger partial charge in [0, 0.05) is 37.5 Å². The largest absolute Gasteiger partial charge is 0.454 e. The highest BCUT2D eigenvalue weighted by atomic mass is 32.1. The number of pyridine rings is 1. The Morgan fingerprint density at radius 3 is 2.25 bits per heavy atom. The summed E-state index contributed by atoms with van der Waals surface area (Å²) in [5, 5.41) is 13.4. The van der Waals surface area contributed by atoms with E-state index in [0.717, 1.165) is 55.7 Å². The number of nitrogens with one attached hydrogen (secondary N) is 2. The smallest absolute Gasteiger partial charge is 0.161 e. The van der Waals surface area contributed by atoms with E-state index in [-0.39, 0.29) is 12.3 Å². The molecule has 10 rings (SSSR count). The highest BCUT2D eigenvalue weighted by Gasteiger charge is 2.28. The number of nitrogens with zero attached hydrogens (tertiary/aromatic N) is 2. The molecule has 0 radical (unpaired) electrons. The van der Waals surface area contributed by atoms with Crippen LogP contribution in [0.3, 0.4) is 0 Å². The summed E-state index contributed by atoms with van der Waals surface area (Å²) in [4.78, 5) is 10.2. The van der Waals surface area contributed by atoms with Crippen molar-refractivity contribution in [2.75, 3.05) is 0 Å². The summed E-state index contributed by atoms with van der Waals surface area (Å²) in [6, 6.07) is 48.8. The molecule has 2 atom stereocenters. The maximum absolute atomic E-state index is 6.74. The molecule has 4 heterocycles. The summed E-state index contributed by atoms with van der Waals surface area (Å²) in [5.74, 6) is 0.801. The van der Waals surface area contributed by atoms with Crippen LogP contribution in [0.4, 0.5) is 0 Å². The Bertz CT molecular complexity index is 2690. The van der Waals surface area contributed by atoms with E-state index >= 15 is 0 Å². The van der Waals surface area contributed by atoms with Gasteiger partial charge in [0.15, 0.2) is 5.58 Å². The van der Waals surface area contributed by atoms with Gasteiger partial charge in [0.25, 0.3) is 0 Å². The Balaban J connectivity index is 1.17. The highest BCUT2D eigenvalue weighted by Crippen LogP contribution is 2.45. The van der Waals surface area contributed by atoms with Gasteiger partial charge in [0.1, 0.15) is 29.3 Å². The van der Waals surface area contributed by atoms with E-state index in [0.29, 0.717) is 0 Å². The summed E-state index contributed by atoms with van der Waals surface area (Å²) < 4.78 is 9.31. The first-order valence-corrected chi connectivity index (χ1v) is 17.0. The van der Waals surface area contributed by atoms with Crippen molar-refractivity contribution >= 4 is 70.2 Å². The molecule has 0 saturated heterocycles. The molecule has 0 spiro atoms. The SMILES string of the molecule is c1ccc(C2N=C(c3cccc4oc5c(-c6cccc7sc8c9ccccc9ccc8c67)ccnc5c34)NC(c3ccccc3)N2)cc1. The van der Waals surface area contributed by atoms with Crippen LogP contribution >= 0.6 is 11.3 Å². The van der Waals surface area contributed by atoms with Gasteiger partial charge in [-0.25, -0.2) is 4.99 Å². The van der Waals surface area contributed by atoms with E-state index < -0.39 is 0 Å². The van der Waals surface area contributed by atoms with Gasteiger partial charge < -0.3 is 9.73 Å². The number of furan rings is 1. The molecular weight excluding hydrogens is 609 g/mol. The number of rotatable bonds is 4. The van der Waals surface area contributed by atoms with Crippen LogP contribution in [0, 0.1) is 0 Å². The third kappa shape index (κ3) is 4.27. The zero-order valence-corrected chi connectivity index (χ0v) is 26.5. The lowest BCUT2D eigenvalue weighted by atomic mass is 9.97. The van der Waals surface area contributed by atoms with Crippen LogP contribution in [0.5, 0.6) is 0 Å². The molecular formula is C42H28N4OS. The standard InChI is InChI=1S/C42H28N4OS/c1-3-12-26(13-4-1)40-44-41(27-14-5-2-6-15-27)46-42(45-40)32-18-9-19-33-36(32)37-38(47-33)30(23-24-43-37)29-17-10-20-34-35(29)31-22-21-25-11-7-8-16-28(25)39(31)48-34/h1-24,40-41,44H,(H,45,46). The summed E-state index contributed by atoms with van der Waals surface area (Å²) in [6.45, 7) is 0. The fourth-order valence-corrected chi connectivity index (χ4v) is 8.47. The third-order valence-corrected chi connectivity index (χ3v) is 10.6. The first-order chi connectivity index (χ1) is 23.8. The monoisotopic (exact) mass is 636 g/mol. The van der Waals surface area contributed by atoms with Gasteiger partial charge in [-0.3, -0.25) is 10.3 Å². The molecule has 6 heteroatoms. The number of aromatic nitrogens is 1. The van der Waals surface area contributed by atoms with E-state index in [1.165, 1.54) is 30.9 Å². The summed E-state index contributed by atoms with van der Waals surface area (Å²) in [6.07, 6.45) is 1.54. The molecule has 5 nitrogen and oxygen atoms in total. The molecule has 228 valence electrons. The van der Waals surface area contributed by atoms with Crippen LogP contribution in [0.2, 0.25) is 0 Å². The van der Waals surface area contributed by atoms with Crippen molar-refractivity contribution in [2.24, 2.45) is 4.99 Å². The molecule has 2 unspecified atom stereocenters. The van der Waals surface area contributed by atoms with Crippen molar-refractivity contribution < 1.29 is 4.42 Å². The van der Waals surface area contributed by atoms with Crippen LogP contribution in [-0.2, 0) is 0 Å². The topological polar surface area (TPSA) is 62.5 Å². The maximum Gasteiger partial charge on any atom is 0.161 e. The lowest BCUT2D eigenvalue weighted by Crippen LogP contribution is -2.45. The van der Waals surface area contributed by atoms with Crippen molar-refractivity contribution in [1.29, 1.82) is 0 Å². The van der Waals surface area contributed by atoms with Gasteiger partial charge in [-0.1, -0.05) is 121 Å². The zero-order valence-electron chi connectivity index (χ0n) is 25.7. The van der Waals surface area contributed by atoms with Gasteiger partial charge >= 0.3 is 0 Å². The Morgan fingerprint density at radius 2 is 1.38 bits per heavy atom. The van der Waals surface area contributed by atoms with Gasteiger partial charge in [0.2, 0.25) is 0 Å². The lowest BCUT2D eigenvalue weighted by molar-refractivity contribution is 0.409. The lowest BCUT2D eigenvalue weighted by Gasteiger charge is -2.32. The number of aliphatic imine (C=N–C) groups is 1. The maximum atomic E-state index is 6.74. The van der Waals surface area contributed by atoms with Gasteiger partial charge in [-0.15, -0.1) is 11.3 Å². The second-order valence-corrected chi connectivity index (χ2v) is 13.3. The van der Waals surface area contributed by atoms with E-state index in [4.69, 9.17) is 14.4 Å². The van der Waals surface area contributed by atoms with E-state index in [1.54, 1.807) is 0 Å². The first-order valence-electron chi connectivity index (χ1n) is 16.1. The zero-order chi connectivity index (χ0) is 31.6. The normalized spacial score (nSPS) is 16.5. The summed E-state index contributed by atoms with van der Waals surface area (Å²) >= 11 is 1.85. The second kappa shape index (κ2) is 10.9. The number of hydrogen-bond acceptors (Lipinski definition) is 6. The molecule has 0 fully saturated rings. The fraction of sp³-hybridized carbons (Fsp3) is 0.0476. The average molecular weight is 637 g/mol. The minimum Gasteiger partial charge on any atom is -0.454 e. The van der Waals surface area contributed by atoms with Crippen molar-refractivity contribution in [3.8, 4) is 11.1 Å². The fourth-order valence-electron chi connectivity index (χ4n) is 7.21. The van der Waals surface area contributed by atoms with Crippen molar-refractivity contribution in [3.63, 3.8) is 0 Å². The number of hydrogen-bond donors (Lipinski definition) is 2. The Labute approximate surface area is 280 Å². The number of fused-ring (bicyclic) bond motifs is 8. The molecule has 0 amide bonds. The predicted molar refractivity (Wildman–Crippen MR) is 199 cm³/mol. The van der Waals surface area contributed by atoms with Gasteiger partial charge in [-0.05, 0) is 45.7 Å². The average Bonchev–Trinajstić information content (AvgIpc) is 3.74. The number of thiophene rings is 1. The van der Waals surface area contributed by atoms with Crippen molar-refractivity contribution in [3.05, 3.63) is 162 Å². The molecule has 0 saturated carbocycles. The molecule has 0 bridgehead atoms. The molecule has 1 aliphatic rings. The summed E-state index contributed by atoms with van der Waals surface area (Å²) in [5.41, 5.74) is 7.77. The third-order valence-electron chi connectivity index (χ3n) is 9.42. The molecule has 0 aliphatic carbocycles. The Hall–Kier alpha value is -5.82. The highest BCUT2D eigenvalue weighted by molar-refractivity contribution is 7.26. The van der Waals surface area contributed by atoms with E-state index in [1.807, 2.05) is 41.8 Å². The molecule has 6 aromatic carbocycles. The molecule has 2 N–H and O–H groups in total. The second-order valence-electron chi connectivity index (χ2n) is 12.2. The van der Waals surface area contributed by atoms with Crippen LogP contribution in [-0.4, -0.2) is 10.8 Å². The molecule has 9 aromatic rings. The quantitative estimate of drug-likeness (QED) is 0.202. The summed E-state index contributed by atoms with van der Waals surface area (Å²) in [7, 11) is 0. The van der Waals surface area contributed by atoms with Gasteiger partial charge in [-0.2, -0.15) is 0 Å². The number of benzene rings is 6. The first kappa shape index (κ1) is 27.3. The van der Waals surface area contributed by atoms with E-state index in [2.05, 4.69) is 126 Å². The predicted octanol–water partition coefficient (Wildman–Crippen LogP) is 10.5. The molecule has 3 aromatic heterocycles. The van der Waals surface area contributed by atoms with Crippen molar-refractivity contribution in [2.45, 2.75) is 12.3 Å².